The smallest absolute Gasteiger partial charge is 0.228 e. The number of piperazine rings is 1. The van der Waals surface area contributed by atoms with Crippen LogP contribution in [0.2, 0.25) is 0 Å². The minimum absolute atomic E-state index is 0.110. The van der Waals surface area contributed by atoms with Crippen molar-refractivity contribution in [2.24, 2.45) is 0 Å². The topological polar surface area (TPSA) is 69.8 Å². The number of aliphatic hydroxyl groups excluding tert-OH is 1. The molecule has 1 saturated heterocycles. The lowest BCUT2D eigenvalue weighted by molar-refractivity contribution is -0.132. The van der Waals surface area contributed by atoms with E-state index >= 15 is 0 Å². The van der Waals surface area contributed by atoms with Gasteiger partial charge in [0, 0.05) is 38.1 Å². The molecule has 0 saturated carbocycles. The summed E-state index contributed by atoms with van der Waals surface area (Å²) in [6.07, 6.45) is -0.00187. The van der Waals surface area contributed by atoms with Gasteiger partial charge in [-0.15, -0.1) is 11.3 Å². The first-order valence-electron chi connectivity index (χ1n) is 8.20. The zero-order valence-electron chi connectivity index (χ0n) is 14.1. The molecular weight excluding hydrogens is 326 g/mol. The van der Waals surface area contributed by atoms with Crippen LogP contribution in [0.25, 0.3) is 10.8 Å². The number of furan rings is 1. The van der Waals surface area contributed by atoms with Crippen LogP contribution in [0.15, 0.2) is 21.9 Å². The molecule has 2 aromatic rings. The van der Waals surface area contributed by atoms with E-state index in [1.54, 1.807) is 6.92 Å². The van der Waals surface area contributed by atoms with E-state index in [4.69, 9.17) is 4.42 Å². The van der Waals surface area contributed by atoms with Crippen LogP contribution in [0.5, 0.6) is 0 Å². The Labute approximate surface area is 145 Å². The van der Waals surface area contributed by atoms with Gasteiger partial charge in [-0.3, -0.25) is 9.69 Å². The predicted octanol–water partition coefficient (Wildman–Crippen LogP) is 1.78. The Morgan fingerprint density at radius 2 is 2.12 bits per heavy atom. The first-order chi connectivity index (χ1) is 11.5. The molecule has 1 N–H and O–H groups in total. The Bertz CT molecular complexity index is 687. The molecule has 0 aliphatic carbocycles. The molecule has 0 aromatic carbocycles. The van der Waals surface area contributed by atoms with E-state index in [0.717, 1.165) is 35.3 Å². The molecule has 1 atom stereocenters. The number of carbonyl (C=O) groups excluding carboxylic acids is 1. The normalized spacial score (nSPS) is 17.2. The molecule has 0 unspecified atom stereocenters. The number of nitrogens with zero attached hydrogens (tertiary/aromatic N) is 3. The summed E-state index contributed by atoms with van der Waals surface area (Å²) in [5.41, 5.74) is 0.792. The van der Waals surface area contributed by atoms with Gasteiger partial charge in [-0.1, -0.05) is 0 Å². The summed E-state index contributed by atoms with van der Waals surface area (Å²) in [5.74, 6) is 1.72. The lowest BCUT2D eigenvalue weighted by Gasteiger charge is -2.35. The monoisotopic (exact) mass is 349 g/mol. The van der Waals surface area contributed by atoms with Crippen LogP contribution >= 0.6 is 11.3 Å². The van der Waals surface area contributed by atoms with Crippen molar-refractivity contribution < 1.29 is 14.3 Å². The molecule has 130 valence electrons. The summed E-state index contributed by atoms with van der Waals surface area (Å²) in [4.78, 5) is 21.0. The van der Waals surface area contributed by atoms with Crippen LogP contribution < -0.4 is 0 Å². The zero-order chi connectivity index (χ0) is 17.1. The molecular formula is C17H23N3O3S. The Balaban J connectivity index is 1.53. The van der Waals surface area contributed by atoms with Gasteiger partial charge in [0.1, 0.15) is 5.76 Å². The van der Waals surface area contributed by atoms with Crippen LogP contribution in [0.1, 0.15) is 18.4 Å². The molecule has 1 fully saturated rings. The largest absolute Gasteiger partial charge is 0.459 e. The van der Waals surface area contributed by atoms with Crippen LogP contribution in [-0.4, -0.2) is 64.6 Å². The van der Waals surface area contributed by atoms with Crippen molar-refractivity contribution in [2.75, 3.05) is 32.7 Å². The maximum absolute atomic E-state index is 12.4. The van der Waals surface area contributed by atoms with E-state index in [2.05, 4.69) is 9.88 Å². The highest BCUT2D eigenvalue weighted by Gasteiger charge is 2.22. The van der Waals surface area contributed by atoms with Gasteiger partial charge >= 0.3 is 0 Å². The Kier molecular flexibility index (Phi) is 5.33. The molecule has 3 rings (SSSR count). The van der Waals surface area contributed by atoms with Gasteiger partial charge in [-0.25, -0.2) is 4.98 Å². The second kappa shape index (κ2) is 7.46. The van der Waals surface area contributed by atoms with Crippen LogP contribution in [-0.2, 0) is 11.2 Å². The number of rotatable bonds is 5. The molecule has 1 aliphatic heterocycles. The third kappa shape index (κ3) is 4.23. The van der Waals surface area contributed by atoms with Gasteiger partial charge in [0.25, 0.3) is 0 Å². The van der Waals surface area contributed by atoms with Crippen molar-refractivity contribution in [1.82, 2.24) is 14.8 Å². The Hall–Kier alpha value is -1.70. The number of amides is 1. The summed E-state index contributed by atoms with van der Waals surface area (Å²) in [6, 6.07) is 3.81. The van der Waals surface area contributed by atoms with Gasteiger partial charge in [0.15, 0.2) is 10.8 Å². The number of β-amino-alcohol motifs (C(OH)–C–C–N with tert-alkyl or cyclic N) is 1. The third-order valence-electron chi connectivity index (χ3n) is 4.08. The summed E-state index contributed by atoms with van der Waals surface area (Å²) in [6.45, 7) is 7.39. The van der Waals surface area contributed by atoms with Crippen LogP contribution in [0, 0.1) is 6.92 Å². The van der Waals surface area contributed by atoms with Crippen molar-refractivity contribution in [1.29, 1.82) is 0 Å². The second-order valence-electron chi connectivity index (χ2n) is 6.26. The molecule has 24 heavy (non-hydrogen) atoms. The first-order valence-corrected chi connectivity index (χ1v) is 9.08. The lowest BCUT2D eigenvalue weighted by Crippen LogP contribution is -2.50. The molecule has 7 heteroatoms. The number of hydrogen-bond donors (Lipinski definition) is 1. The summed E-state index contributed by atoms with van der Waals surface area (Å²) >= 11 is 1.50. The fourth-order valence-corrected chi connectivity index (χ4v) is 3.65. The number of aryl methyl sites for hydroxylation is 1. The average molecular weight is 349 g/mol. The van der Waals surface area contributed by atoms with Gasteiger partial charge in [0.05, 0.1) is 18.2 Å². The number of thiazole rings is 1. The molecule has 6 nitrogen and oxygen atoms in total. The highest BCUT2D eigenvalue weighted by molar-refractivity contribution is 7.13. The number of aliphatic hydroxyl groups is 1. The number of hydrogen-bond acceptors (Lipinski definition) is 6. The highest BCUT2D eigenvalue weighted by Crippen LogP contribution is 2.25. The highest BCUT2D eigenvalue weighted by atomic mass is 32.1. The second-order valence-corrected chi connectivity index (χ2v) is 7.12. The van der Waals surface area contributed by atoms with E-state index in [0.29, 0.717) is 26.1 Å². The average Bonchev–Trinajstić information content (AvgIpc) is 3.16. The minimum atomic E-state index is -0.328. The van der Waals surface area contributed by atoms with Crippen molar-refractivity contribution in [2.45, 2.75) is 26.4 Å². The van der Waals surface area contributed by atoms with E-state index < -0.39 is 0 Å². The minimum Gasteiger partial charge on any atom is -0.459 e. The van der Waals surface area contributed by atoms with Crippen molar-refractivity contribution in [3.63, 3.8) is 0 Å². The van der Waals surface area contributed by atoms with Gasteiger partial charge < -0.3 is 14.4 Å². The van der Waals surface area contributed by atoms with Crippen molar-refractivity contribution in [3.8, 4) is 10.8 Å². The molecule has 2 aromatic heterocycles. The Morgan fingerprint density at radius 1 is 1.38 bits per heavy atom. The van der Waals surface area contributed by atoms with Crippen molar-refractivity contribution >= 4 is 17.2 Å². The van der Waals surface area contributed by atoms with E-state index in [1.807, 2.05) is 29.3 Å². The lowest BCUT2D eigenvalue weighted by atomic mass is 10.2. The fourth-order valence-electron chi connectivity index (χ4n) is 2.87. The van der Waals surface area contributed by atoms with E-state index in [1.165, 1.54) is 11.3 Å². The van der Waals surface area contributed by atoms with Crippen molar-refractivity contribution in [3.05, 3.63) is 29.0 Å². The van der Waals surface area contributed by atoms with E-state index in [-0.39, 0.29) is 12.0 Å². The predicted molar refractivity (Wildman–Crippen MR) is 93.0 cm³/mol. The standard InChI is InChI=1S/C17H23N3O3S/c1-12(21)10-19-5-7-20(8-6-19)16(22)9-14-11-24-17(18-14)15-4-3-13(2)23-15/h3-4,11-12,21H,5-10H2,1-2H3/t12-/m1/s1. The fraction of sp³-hybridized carbons (Fsp3) is 0.529. The SMILES string of the molecule is Cc1ccc(-c2nc(CC(=O)N3CCN(C[C@@H](C)O)CC3)cs2)o1. The molecule has 1 amide bonds. The van der Waals surface area contributed by atoms with E-state index in [9.17, 15) is 9.90 Å². The van der Waals surface area contributed by atoms with Crippen LogP contribution in [0.4, 0.5) is 0 Å². The molecule has 0 spiro atoms. The number of aromatic nitrogens is 1. The third-order valence-corrected chi connectivity index (χ3v) is 4.99. The molecule has 0 radical (unpaired) electrons. The quantitative estimate of drug-likeness (QED) is 0.891. The van der Waals surface area contributed by atoms with Crippen LogP contribution in [0.3, 0.4) is 0 Å². The Morgan fingerprint density at radius 3 is 2.75 bits per heavy atom. The first kappa shape index (κ1) is 17.1. The maximum Gasteiger partial charge on any atom is 0.228 e. The van der Waals surface area contributed by atoms with Gasteiger partial charge in [0.2, 0.25) is 5.91 Å². The summed E-state index contributed by atoms with van der Waals surface area (Å²) in [7, 11) is 0. The van der Waals surface area contributed by atoms with Gasteiger partial charge in [-0.2, -0.15) is 0 Å². The van der Waals surface area contributed by atoms with Gasteiger partial charge in [-0.05, 0) is 26.0 Å². The maximum atomic E-state index is 12.4. The molecule has 3 heterocycles. The molecule has 0 bridgehead atoms. The number of carbonyl (C=O) groups is 1. The summed E-state index contributed by atoms with van der Waals surface area (Å²) in [5, 5.41) is 12.2. The zero-order valence-corrected chi connectivity index (χ0v) is 14.9. The molecule has 1 aliphatic rings. The summed E-state index contributed by atoms with van der Waals surface area (Å²) < 4.78 is 5.57.